The lowest BCUT2D eigenvalue weighted by molar-refractivity contribution is -0.135. The average Bonchev–Trinajstić information content (AvgIpc) is 2.75. The number of halogens is 1. The molecule has 0 saturated heterocycles. The first kappa shape index (κ1) is 15.9. The smallest absolute Gasteiger partial charge is 0.264 e. The predicted octanol–water partition coefficient (Wildman–Crippen LogP) is 3.28. The van der Waals surface area contributed by atoms with Gasteiger partial charge in [-0.25, -0.2) is 0 Å². The molecule has 1 heterocycles. The minimum atomic E-state index is -1.80. The van der Waals surface area contributed by atoms with Crippen molar-refractivity contribution in [2.75, 3.05) is 11.4 Å². The Morgan fingerprint density at radius 1 is 1.22 bits per heavy atom. The van der Waals surface area contributed by atoms with E-state index < -0.39 is 11.5 Å². The van der Waals surface area contributed by atoms with E-state index in [4.69, 9.17) is 0 Å². The molecule has 0 bridgehead atoms. The number of rotatable bonds is 4. The van der Waals surface area contributed by atoms with Gasteiger partial charge in [0, 0.05) is 22.1 Å². The molecule has 1 N–H and O–H groups in total. The summed E-state index contributed by atoms with van der Waals surface area (Å²) in [5.74, 6) is -0.709. The van der Waals surface area contributed by atoms with Crippen LogP contribution in [0, 0.1) is 0 Å². The van der Waals surface area contributed by atoms with Crippen molar-refractivity contribution in [2.24, 2.45) is 0 Å². The van der Waals surface area contributed by atoms with E-state index in [0.717, 1.165) is 4.47 Å². The average molecular weight is 374 g/mol. The molecule has 1 atom stereocenters. The molecule has 118 valence electrons. The van der Waals surface area contributed by atoms with E-state index in [1.54, 1.807) is 36.4 Å². The van der Waals surface area contributed by atoms with E-state index in [1.165, 1.54) is 4.90 Å². The van der Waals surface area contributed by atoms with Crippen LogP contribution in [0.4, 0.5) is 5.69 Å². The van der Waals surface area contributed by atoms with Gasteiger partial charge in [0.2, 0.25) is 0 Å². The molecule has 2 aromatic rings. The summed E-state index contributed by atoms with van der Waals surface area (Å²) in [7, 11) is 0. The maximum Gasteiger partial charge on any atom is 0.264 e. The van der Waals surface area contributed by atoms with Gasteiger partial charge < -0.3 is 10.0 Å². The minimum absolute atomic E-state index is 0.268. The highest BCUT2D eigenvalue weighted by Crippen LogP contribution is 2.42. The number of fused-ring (bicyclic) bond motifs is 1. The topological polar surface area (TPSA) is 57.6 Å². The van der Waals surface area contributed by atoms with Crippen LogP contribution in [0.5, 0.6) is 0 Å². The molecule has 3 rings (SSSR count). The van der Waals surface area contributed by atoms with Crippen molar-refractivity contribution in [3.8, 4) is 0 Å². The Labute approximate surface area is 142 Å². The van der Waals surface area contributed by atoms with E-state index in [9.17, 15) is 14.7 Å². The Balaban J connectivity index is 1.98. The molecule has 0 fully saturated rings. The molecule has 1 unspecified atom stereocenters. The van der Waals surface area contributed by atoms with Gasteiger partial charge in [-0.15, -0.1) is 0 Å². The molecule has 23 heavy (non-hydrogen) atoms. The van der Waals surface area contributed by atoms with Crippen LogP contribution in [0.15, 0.2) is 53.0 Å². The maximum atomic E-state index is 12.7. The molecule has 4 nitrogen and oxygen atoms in total. The number of likely N-dealkylation sites (N-methyl/N-ethyl adjacent to an activating group) is 1. The van der Waals surface area contributed by atoms with Gasteiger partial charge in [0.1, 0.15) is 0 Å². The van der Waals surface area contributed by atoms with Crippen molar-refractivity contribution in [1.29, 1.82) is 0 Å². The fourth-order valence-corrected chi connectivity index (χ4v) is 3.39. The lowest BCUT2D eigenvalue weighted by atomic mass is 9.88. The number of nitrogens with zero attached hydrogens (tertiary/aromatic N) is 1. The molecule has 0 aliphatic carbocycles. The van der Waals surface area contributed by atoms with Crippen molar-refractivity contribution in [3.63, 3.8) is 0 Å². The normalized spacial score (nSPS) is 19.8. The van der Waals surface area contributed by atoms with Crippen LogP contribution in [-0.2, 0) is 10.4 Å². The van der Waals surface area contributed by atoms with Crippen LogP contribution in [0.3, 0.4) is 0 Å². The molecule has 1 aliphatic rings. The molecular weight excluding hydrogens is 358 g/mol. The largest absolute Gasteiger partial charge is 0.375 e. The first-order valence-corrected chi connectivity index (χ1v) is 8.19. The van der Waals surface area contributed by atoms with Crippen molar-refractivity contribution < 1.29 is 14.7 Å². The number of amides is 1. The second-order valence-corrected chi connectivity index (χ2v) is 6.45. The van der Waals surface area contributed by atoms with Crippen molar-refractivity contribution >= 4 is 33.3 Å². The van der Waals surface area contributed by atoms with E-state index in [2.05, 4.69) is 15.9 Å². The monoisotopic (exact) mass is 373 g/mol. The highest BCUT2D eigenvalue weighted by molar-refractivity contribution is 9.10. The number of anilines is 1. The molecule has 1 aliphatic heterocycles. The SMILES string of the molecule is CCN1C(=O)C(O)(CC(=O)c2cccc(Br)c2)c2ccccc21. The summed E-state index contributed by atoms with van der Waals surface area (Å²) in [5.41, 5.74) is -0.167. The number of hydrogen-bond donors (Lipinski definition) is 1. The van der Waals surface area contributed by atoms with E-state index in [-0.39, 0.29) is 12.2 Å². The zero-order valence-corrected chi connectivity index (χ0v) is 14.2. The second-order valence-electron chi connectivity index (χ2n) is 5.54. The molecule has 0 aromatic heterocycles. The fourth-order valence-electron chi connectivity index (χ4n) is 2.99. The number of carbonyl (C=O) groups is 2. The summed E-state index contributed by atoms with van der Waals surface area (Å²) in [6, 6.07) is 14.0. The zero-order chi connectivity index (χ0) is 16.6. The van der Waals surface area contributed by atoms with Gasteiger partial charge in [-0.1, -0.05) is 46.3 Å². The third-order valence-corrected chi connectivity index (χ3v) is 4.61. The molecule has 2 aromatic carbocycles. The van der Waals surface area contributed by atoms with Crippen molar-refractivity contribution in [1.82, 2.24) is 0 Å². The number of aliphatic hydroxyl groups is 1. The van der Waals surface area contributed by atoms with Gasteiger partial charge in [-0.2, -0.15) is 0 Å². The third kappa shape index (κ3) is 2.60. The first-order chi connectivity index (χ1) is 11.0. The van der Waals surface area contributed by atoms with E-state index in [0.29, 0.717) is 23.4 Å². The number of carbonyl (C=O) groups excluding carboxylic acids is 2. The molecule has 0 spiro atoms. The first-order valence-electron chi connectivity index (χ1n) is 7.40. The third-order valence-electron chi connectivity index (χ3n) is 4.12. The maximum absolute atomic E-state index is 12.7. The van der Waals surface area contributed by atoms with Gasteiger partial charge in [0.25, 0.3) is 5.91 Å². The summed E-state index contributed by atoms with van der Waals surface area (Å²) in [5, 5.41) is 11.0. The highest BCUT2D eigenvalue weighted by Gasteiger charge is 2.50. The van der Waals surface area contributed by atoms with Gasteiger partial charge in [0.05, 0.1) is 12.1 Å². The van der Waals surface area contributed by atoms with Crippen LogP contribution in [0.2, 0.25) is 0 Å². The summed E-state index contributed by atoms with van der Waals surface area (Å²) in [6.07, 6.45) is -0.268. The zero-order valence-electron chi connectivity index (χ0n) is 12.6. The van der Waals surface area contributed by atoms with Gasteiger partial charge >= 0.3 is 0 Å². The van der Waals surface area contributed by atoms with Crippen LogP contribution < -0.4 is 4.90 Å². The van der Waals surface area contributed by atoms with E-state index >= 15 is 0 Å². The van der Waals surface area contributed by atoms with Crippen LogP contribution in [0.1, 0.15) is 29.3 Å². The number of hydrogen-bond acceptors (Lipinski definition) is 3. The fraction of sp³-hybridized carbons (Fsp3) is 0.222. The molecule has 1 amide bonds. The predicted molar refractivity (Wildman–Crippen MR) is 91.5 cm³/mol. The Bertz CT molecular complexity index is 789. The minimum Gasteiger partial charge on any atom is -0.375 e. The Morgan fingerprint density at radius 2 is 1.96 bits per heavy atom. The number of para-hydroxylation sites is 1. The summed E-state index contributed by atoms with van der Waals surface area (Å²) in [4.78, 5) is 26.7. The molecule has 0 radical (unpaired) electrons. The van der Waals surface area contributed by atoms with E-state index in [1.807, 2.05) is 19.1 Å². The number of benzene rings is 2. The van der Waals surface area contributed by atoms with Gasteiger partial charge in [-0.05, 0) is 25.1 Å². The van der Waals surface area contributed by atoms with Gasteiger partial charge in [0.15, 0.2) is 11.4 Å². The Morgan fingerprint density at radius 3 is 2.65 bits per heavy atom. The lowest BCUT2D eigenvalue weighted by Gasteiger charge is -2.22. The summed E-state index contributed by atoms with van der Waals surface area (Å²) < 4.78 is 0.781. The Kier molecular flexibility index (Phi) is 4.08. The molecular formula is C18H16BrNO3. The highest BCUT2D eigenvalue weighted by atomic mass is 79.9. The number of Topliss-reactive ketones (excluding diaryl/α,β-unsaturated/α-hetero) is 1. The second kappa shape index (κ2) is 5.91. The van der Waals surface area contributed by atoms with Gasteiger partial charge in [-0.3, -0.25) is 9.59 Å². The Hall–Kier alpha value is -1.98. The van der Waals surface area contributed by atoms with Crippen molar-refractivity contribution in [3.05, 3.63) is 64.1 Å². The van der Waals surface area contributed by atoms with Crippen LogP contribution in [0.25, 0.3) is 0 Å². The van der Waals surface area contributed by atoms with Crippen LogP contribution in [-0.4, -0.2) is 23.3 Å². The lowest BCUT2D eigenvalue weighted by Crippen LogP contribution is -2.41. The molecule has 0 saturated carbocycles. The standard InChI is InChI=1S/C18H16BrNO3/c1-2-20-15-9-4-3-8-14(15)18(23,17(20)22)11-16(21)12-6-5-7-13(19)10-12/h3-10,23H,2,11H2,1H3. The molecule has 5 heteroatoms. The number of ketones is 1. The summed E-state index contributed by atoms with van der Waals surface area (Å²) in [6.45, 7) is 2.29. The van der Waals surface area contributed by atoms with Crippen molar-refractivity contribution in [2.45, 2.75) is 18.9 Å². The quantitative estimate of drug-likeness (QED) is 0.836. The summed E-state index contributed by atoms with van der Waals surface area (Å²) >= 11 is 3.33. The van der Waals surface area contributed by atoms with Crippen LogP contribution >= 0.6 is 15.9 Å².